The Hall–Kier alpha value is 0.430. The highest BCUT2D eigenvalue weighted by Gasteiger charge is 2.00. The zero-order valence-corrected chi connectivity index (χ0v) is 42.9. The molecule has 0 nitrogen and oxygen atoms in total. The second kappa shape index (κ2) is 58.4. The first-order valence-corrected chi connectivity index (χ1v) is 30.3. The molecule has 0 heterocycles. The molecule has 0 saturated carbocycles. The SMILES string of the molecule is CCCCCCCCCCCCCCCCCCCCCCCCCCCCC[P]CCCCCCCCCCCCCCCCCCCCCCCCCCCCC. The molecule has 0 fully saturated rings. The fourth-order valence-electron chi connectivity index (χ4n) is 9.54. The van der Waals surface area contributed by atoms with Crippen molar-refractivity contribution in [1.82, 2.24) is 0 Å². The van der Waals surface area contributed by atoms with Gasteiger partial charge in [0, 0.05) is 0 Å². The van der Waals surface area contributed by atoms with E-state index >= 15 is 0 Å². The Bertz CT molecular complexity index is 616. The highest BCUT2D eigenvalue weighted by atomic mass is 31.1. The Balaban J connectivity index is 3.06. The van der Waals surface area contributed by atoms with Crippen molar-refractivity contribution in [3.8, 4) is 0 Å². The molecule has 355 valence electrons. The highest BCUT2D eigenvalue weighted by molar-refractivity contribution is 7.37. The molecule has 0 spiro atoms. The van der Waals surface area contributed by atoms with Crippen molar-refractivity contribution >= 4 is 8.58 Å². The van der Waals surface area contributed by atoms with Crippen molar-refractivity contribution in [3.63, 3.8) is 0 Å². The van der Waals surface area contributed by atoms with E-state index in [4.69, 9.17) is 0 Å². The normalized spacial score (nSPS) is 11.7. The van der Waals surface area contributed by atoms with Crippen LogP contribution in [0.1, 0.15) is 361 Å². The molecule has 0 saturated heterocycles. The molecule has 0 rings (SSSR count). The summed E-state index contributed by atoms with van der Waals surface area (Å²) in [6.07, 6.45) is 83.2. The third-order valence-corrected chi connectivity index (χ3v) is 15.1. The standard InChI is InChI=1S/C58H118P/c1-3-5-7-9-11-13-15-17-19-21-23-25-27-29-31-33-35-37-39-41-43-45-47-49-51-53-55-57-59-58-56-54-52-50-48-46-44-42-40-38-36-34-32-30-28-26-24-22-20-18-16-14-12-10-8-6-4-2/h3-58H2,1-2H3. The predicted molar refractivity (Wildman–Crippen MR) is 277 cm³/mol. The van der Waals surface area contributed by atoms with Gasteiger partial charge in [-0.1, -0.05) is 356 Å². The molecule has 0 aromatic heterocycles. The van der Waals surface area contributed by atoms with Crippen LogP contribution in [0.5, 0.6) is 0 Å². The first-order valence-electron chi connectivity index (χ1n) is 29.0. The predicted octanol–water partition coefficient (Wildman–Crippen LogP) is 23.0. The van der Waals surface area contributed by atoms with E-state index in [1.54, 1.807) is 8.58 Å². The molecule has 59 heavy (non-hydrogen) atoms. The van der Waals surface area contributed by atoms with Crippen molar-refractivity contribution < 1.29 is 0 Å². The molecule has 0 bridgehead atoms. The van der Waals surface area contributed by atoms with Crippen LogP contribution in [0.15, 0.2) is 0 Å². The van der Waals surface area contributed by atoms with Crippen LogP contribution in [-0.4, -0.2) is 12.3 Å². The number of unbranched alkanes of at least 4 members (excludes halogenated alkanes) is 52. The van der Waals surface area contributed by atoms with Gasteiger partial charge in [0.25, 0.3) is 0 Å². The summed E-state index contributed by atoms with van der Waals surface area (Å²) in [5.41, 5.74) is 0. The van der Waals surface area contributed by atoms with Gasteiger partial charge >= 0.3 is 0 Å². The number of rotatable bonds is 56. The highest BCUT2D eigenvalue weighted by Crippen LogP contribution is 2.21. The summed E-state index contributed by atoms with van der Waals surface area (Å²) in [5.74, 6) is 0. The molecule has 0 aliphatic rings. The summed E-state index contributed by atoms with van der Waals surface area (Å²) in [4.78, 5) is 0. The maximum atomic E-state index is 2.31. The van der Waals surface area contributed by atoms with Gasteiger partial charge < -0.3 is 0 Å². The van der Waals surface area contributed by atoms with Gasteiger partial charge in [0.05, 0.1) is 0 Å². The average molecular weight is 847 g/mol. The van der Waals surface area contributed by atoms with Gasteiger partial charge in [-0.25, -0.2) is 0 Å². The zero-order valence-electron chi connectivity index (χ0n) is 42.0. The first-order chi connectivity index (χ1) is 29.4. The minimum absolute atomic E-state index is 1.37. The Morgan fingerprint density at radius 3 is 0.356 bits per heavy atom. The van der Waals surface area contributed by atoms with E-state index in [1.165, 1.54) is 359 Å². The summed E-state index contributed by atoms with van der Waals surface area (Å²) >= 11 is 0. The largest absolute Gasteiger partial charge is 0.0810 e. The fourth-order valence-corrected chi connectivity index (χ4v) is 10.7. The molecule has 0 amide bonds. The van der Waals surface area contributed by atoms with Crippen LogP contribution in [0.25, 0.3) is 0 Å². The zero-order chi connectivity index (χ0) is 42.3. The molecule has 0 aromatic rings. The van der Waals surface area contributed by atoms with Gasteiger partial charge in [-0.2, -0.15) is 0 Å². The van der Waals surface area contributed by atoms with Crippen LogP contribution in [0.4, 0.5) is 0 Å². The molecule has 0 atom stereocenters. The Morgan fingerprint density at radius 2 is 0.237 bits per heavy atom. The van der Waals surface area contributed by atoms with Gasteiger partial charge in [0.2, 0.25) is 0 Å². The lowest BCUT2D eigenvalue weighted by Gasteiger charge is -2.05. The minimum Gasteiger partial charge on any atom is -0.0810 e. The lowest BCUT2D eigenvalue weighted by atomic mass is 10.0. The van der Waals surface area contributed by atoms with Crippen molar-refractivity contribution in [2.75, 3.05) is 12.3 Å². The topological polar surface area (TPSA) is 0 Å². The summed E-state index contributed by atoms with van der Waals surface area (Å²) < 4.78 is 0. The lowest BCUT2D eigenvalue weighted by molar-refractivity contribution is 0.515. The van der Waals surface area contributed by atoms with Crippen molar-refractivity contribution in [2.24, 2.45) is 0 Å². The molecule has 1 radical (unpaired) electrons. The van der Waals surface area contributed by atoms with Crippen LogP contribution in [0, 0.1) is 0 Å². The second-order valence-corrected chi connectivity index (χ2v) is 21.4. The van der Waals surface area contributed by atoms with Gasteiger partial charge in [-0.05, 0) is 25.2 Å². The quantitative estimate of drug-likeness (QED) is 0.0423. The average Bonchev–Trinajstić information content (AvgIpc) is 3.25. The number of hydrogen-bond acceptors (Lipinski definition) is 0. The van der Waals surface area contributed by atoms with Crippen molar-refractivity contribution in [1.29, 1.82) is 0 Å². The van der Waals surface area contributed by atoms with E-state index in [0.29, 0.717) is 0 Å². The summed E-state index contributed by atoms with van der Waals surface area (Å²) in [5, 5.41) is 0. The molecule has 0 N–H and O–H groups in total. The van der Waals surface area contributed by atoms with Crippen LogP contribution in [0.3, 0.4) is 0 Å². The Kier molecular flexibility index (Phi) is 58.9. The number of hydrogen-bond donors (Lipinski definition) is 0. The summed E-state index contributed by atoms with van der Waals surface area (Å²) in [7, 11) is 1.75. The Morgan fingerprint density at radius 1 is 0.136 bits per heavy atom. The second-order valence-electron chi connectivity index (χ2n) is 20.1. The van der Waals surface area contributed by atoms with Crippen LogP contribution < -0.4 is 0 Å². The molecule has 1 heteroatoms. The summed E-state index contributed by atoms with van der Waals surface area (Å²) in [6, 6.07) is 0. The maximum Gasteiger partial charge on any atom is -0.0287 e. The van der Waals surface area contributed by atoms with Gasteiger partial charge in [-0.3, -0.25) is 0 Å². The third kappa shape index (κ3) is 58.4. The first kappa shape index (κ1) is 59.4. The molecular formula is C58H118P. The Labute approximate surface area is 379 Å². The van der Waals surface area contributed by atoms with E-state index in [0.717, 1.165) is 0 Å². The van der Waals surface area contributed by atoms with Crippen molar-refractivity contribution in [2.45, 2.75) is 361 Å². The third-order valence-electron chi connectivity index (χ3n) is 13.8. The fraction of sp³-hybridized carbons (Fsp3) is 1.00. The van der Waals surface area contributed by atoms with E-state index in [-0.39, 0.29) is 0 Å². The molecule has 0 aliphatic carbocycles. The molecule has 0 aromatic carbocycles. The van der Waals surface area contributed by atoms with E-state index in [1.807, 2.05) is 0 Å². The van der Waals surface area contributed by atoms with Gasteiger partial charge in [-0.15, -0.1) is 0 Å². The monoisotopic (exact) mass is 846 g/mol. The van der Waals surface area contributed by atoms with Crippen molar-refractivity contribution in [3.05, 3.63) is 0 Å². The van der Waals surface area contributed by atoms with Crippen LogP contribution in [-0.2, 0) is 0 Å². The smallest absolute Gasteiger partial charge is 0.0287 e. The van der Waals surface area contributed by atoms with E-state index in [2.05, 4.69) is 13.8 Å². The molecule has 0 aliphatic heterocycles. The lowest BCUT2D eigenvalue weighted by Crippen LogP contribution is -1.86. The maximum absolute atomic E-state index is 2.31. The van der Waals surface area contributed by atoms with Gasteiger partial charge in [0.15, 0.2) is 0 Å². The van der Waals surface area contributed by atoms with Gasteiger partial charge in [0.1, 0.15) is 0 Å². The van der Waals surface area contributed by atoms with Crippen LogP contribution in [0.2, 0.25) is 0 Å². The minimum atomic E-state index is 1.37. The van der Waals surface area contributed by atoms with E-state index < -0.39 is 0 Å². The molecular weight excluding hydrogens is 728 g/mol. The van der Waals surface area contributed by atoms with E-state index in [9.17, 15) is 0 Å². The molecule has 0 unspecified atom stereocenters. The summed E-state index contributed by atoms with van der Waals surface area (Å²) in [6.45, 7) is 4.63. The van der Waals surface area contributed by atoms with Crippen LogP contribution >= 0.6 is 8.58 Å².